The second kappa shape index (κ2) is 4.94. The Morgan fingerprint density at radius 1 is 1.58 bits per heavy atom. The van der Waals surface area contributed by atoms with Crippen molar-refractivity contribution in [1.82, 2.24) is 4.90 Å². The SMILES string of the molecule is CC(CN1CCOCC1)C(=O)Br. The monoisotopic (exact) mass is 235 g/mol. The van der Waals surface area contributed by atoms with Gasteiger partial charge in [0.25, 0.3) is 0 Å². The third-order valence-corrected chi connectivity index (χ3v) is 2.80. The lowest BCUT2D eigenvalue weighted by Gasteiger charge is -2.27. The van der Waals surface area contributed by atoms with E-state index in [1.165, 1.54) is 0 Å². The van der Waals surface area contributed by atoms with Gasteiger partial charge >= 0.3 is 0 Å². The third-order valence-electron chi connectivity index (χ3n) is 2.02. The van der Waals surface area contributed by atoms with E-state index in [2.05, 4.69) is 20.8 Å². The van der Waals surface area contributed by atoms with E-state index in [1.807, 2.05) is 6.92 Å². The fourth-order valence-electron chi connectivity index (χ4n) is 1.24. The summed E-state index contributed by atoms with van der Waals surface area (Å²) in [6, 6.07) is 0. The van der Waals surface area contributed by atoms with E-state index in [1.54, 1.807) is 0 Å². The molecule has 0 saturated carbocycles. The Morgan fingerprint density at radius 2 is 2.17 bits per heavy atom. The molecule has 0 aromatic rings. The molecule has 0 amide bonds. The number of carbonyl (C=O) groups is 1. The Balaban J connectivity index is 2.24. The molecule has 1 unspecified atom stereocenters. The summed E-state index contributed by atoms with van der Waals surface area (Å²) >= 11 is 2.97. The van der Waals surface area contributed by atoms with Crippen LogP contribution in [0, 0.1) is 5.92 Å². The average molecular weight is 236 g/mol. The Kier molecular flexibility index (Phi) is 4.18. The quantitative estimate of drug-likeness (QED) is 0.681. The maximum absolute atomic E-state index is 10.9. The topological polar surface area (TPSA) is 29.5 Å². The molecule has 0 N–H and O–H groups in total. The maximum atomic E-state index is 10.9. The molecule has 3 nitrogen and oxygen atoms in total. The van der Waals surface area contributed by atoms with Crippen molar-refractivity contribution in [2.24, 2.45) is 5.92 Å². The number of carbonyl (C=O) groups excluding carboxylic acids is 1. The number of hydrogen-bond donors (Lipinski definition) is 0. The summed E-state index contributed by atoms with van der Waals surface area (Å²) in [5, 5.41) is 0. The molecule has 1 atom stereocenters. The van der Waals surface area contributed by atoms with Crippen molar-refractivity contribution in [3.8, 4) is 0 Å². The molecule has 1 heterocycles. The maximum Gasteiger partial charge on any atom is 0.201 e. The molecule has 1 fully saturated rings. The van der Waals surface area contributed by atoms with Crippen molar-refractivity contribution < 1.29 is 9.53 Å². The number of nitrogens with zero attached hydrogens (tertiary/aromatic N) is 1. The van der Waals surface area contributed by atoms with Crippen molar-refractivity contribution in [1.29, 1.82) is 0 Å². The normalized spacial score (nSPS) is 22.2. The zero-order valence-electron chi connectivity index (χ0n) is 7.25. The van der Waals surface area contributed by atoms with Gasteiger partial charge in [-0.1, -0.05) is 6.92 Å². The van der Waals surface area contributed by atoms with Gasteiger partial charge in [-0.05, 0) is 15.9 Å². The molecule has 1 rings (SSSR count). The van der Waals surface area contributed by atoms with Crippen LogP contribution in [0.1, 0.15) is 6.92 Å². The van der Waals surface area contributed by atoms with Crippen molar-refractivity contribution in [3.63, 3.8) is 0 Å². The highest BCUT2D eigenvalue weighted by molar-refractivity contribution is 9.18. The van der Waals surface area contributed by atoms with Gasteiger partial charge in [0.15, 0.2) is 0 Å². The van der Waals surface area contributed by atoms with Crippen LogP contribution in [0.5, 0.6) is 0 Å². The van der Waals surface area contributed by atoms with Crippen molar-refractivity contribution in [2.45, 2.75) is 6.92 Å². The van der Waals surface area contributed by atoms with E-state index in [0.29, 0.717) is 0 Å². The molecule has 0 bridgehead atoms. The molecule has 1 aliphatic rings. The first-order chi connectivity index (χ1) is 5.70. The Labute approximate surface area is 81.2 Å². The average Bonchev–Trinajstić information content (AvgIpc) is 2.06. The van der Waals surface area contributed by atoms with E-state index in [9.17, 15) is 4.79 Å². The molecule has 0 spiro atoms. The number of hydrogen-bond acceptors (Lipinski definition) is 3. The van der Waals surface area contributed by atoms with Crippen LogP contribution >= 0.6 is 15.9 Å². The van der Waals surface area contributed by atoms with Crippen LogP contribution in [0.3, 0.4) is 0 Å². The van der Waals surface area contributed by atoms with Gasteiger partial charge in [0.05, 0.1) is 13.2 Å². The van der Waals surface area contributed by atoms with E-state index in [0.717, 1.165) is 32.8 Å². The van der Waals surface area contributed by atoms with Gasteiger partial charge in [0, 0.05) is 25.6 Å². The molecular formula is C8H14BrNO2. The summed E-state index contributed by atoms with van der Waals surface area (Å²) in [4.78, 5) is 13.1. The zero-order valence-corrected chi connectivity index (χ0v) is 8.84. The summed E-state index contributed by atoms with van der Waals surface area (Å²) in [6.45, 7) is 6.27. The summed E-state index contributed by atoms with van der Waals surface area (Å²) in [6.07, 6.45) is 0. The lowest BCUT2D eigenvalue weighted by atomic mass is 10.2. The second-order valence-corrected chi connectivity index (χ2v) is 3.90. The zero-order chi connectivity index (χ0) is 8.97. The fourth-order valence-corrected chi connectivity index (χ4v) is 1.39. The van der Waals surface area contributed by atoms with Crippen LogP contribution in [0.2, 0.25) is 0 Å². The van der Waals surface area contributed by atoms with Gasteiger partial charge in [0.2, 0.25) is 4.69 Å². The first kappa shape index (κ1) is 10.2. The third kappa shape index (κ3) is 3.21. The Hall–Kier alpha value is 0.0700. The molecule has 0 aliphatic carbocycles. The predicted molar refractivity (Wildman–Crippen MR) is 50.4 cm³/mol. The van der Waals surface area contributed by atoms with Gasteiger partial charge < -0.3 is 4.74 Å². The molecule has 0 aromatic heterocycles. The molecule has 0 radical (unpaired) electrons. The van der Waals surface area contributed by atoms with Crippen molar-refractivity contribution in [3.05, 3.63) is 0 Å². The highest BCUT2D eigenvalue weighted by atomic mass is 79.9. The lowest BCUT2D eigenvalue weighted by molar-refractivity contribution is -0.114. The fraction of sp³-hybridized carbons (Fsp3) is 0.875. The van der Waals surface area contributed by atoms with Crippen LogP contribution in [-0.2, 0) is 9.53 Å². The van der Waals surface area contributed by atoms with E-state index in [4.69, 9.17) is 4.74 Å². The second-order valence-electron chi connectivity index (χ2n) is 3.12. The summed E-state index contributed by atoms with van der Waals surface area (Å²) in [5.74, 6) is 0.0862. The molecule has 70 valence electrons. The van der Waals surface area contributed by atoms with E-state index in [-0.39, 0.29) is 10.6 Å². The minimum atomic E-state index is 0.0862. The van der Waals surface area contributed by atoms with Gasteiger partial charge in [-0.25, -0.2) is 0 Å². The highest BCUT2D eigenvalue weighted by Gasteiger charge is 2.16. The molecular weight excluding hydrogens is 222 g/mol. The number of ether oxygens (including phenoxy) is 1. The minimum Gasteiger partial charge on any atom is -0.379 e. The van der Waals surface area contributed by atoms with Crippen LogP contribution in [0.15, 0.2) is 0 Å². The smallest absolute Gasteiger partial charge is 0.201 e. The van der Waals surface area contributed by atoms with Crippen molar-refractivity contribution >= 4 is 20.6 Å². The van der Waals surface area contributed by atoms with Crippen LogP contribution in [0.25, 0.3) is 0 Å². The molecule has 4 heteroatoms. The minimum absolute atomic E-state index is 0.0862. The molecule has 12 heavy (non-hydrogen) atoms. The molecule has 0 aromatic carbocycles. The molecule has 1 aliphatic heterocycles. The van der Waals surface area contributed by atoms with Gasteiger partial charge in [-0.15, -0.1) is 0 Å². The molecule has 1 saturated heterocycles. The van der Waals surface area contributed by atoms with Crippen LogP contribution in [0.4, 0.5) is 0 Å². The van der Waals surface area contributed by atoms with Crippen LogP contribution in [-0.4, -0.2) is 42.4 Å². The standard InChI is InChI=1S/C8H14BrNO2/c1-7(8(9)11)6-10-2-4-12-5-3-10/h7H,2-6H2,1H3. The first-order valence-electron chi connectivity index (χ1n) is 4.19. The number of rotatable bonds is 3. The number of morpholine rings is 1. The van der Waals surface area contributed by atoms with Gasteiger partial charge in [0.1, 0.15) is 0 Å². The van der Waals surface area contributed by atoms with Crippen molar-refractivity contribution in [2.75, 3.05) is 32.8 Å². The summed E-state index contributed by atoms with van der Waals surface area (Å²) in [5.41, 5.74) is 0. The van der Waals surface area contributed by atoms with Gasteiger partial charge in [-0.3, -0.25) is 9.69 Å². The van der Waals surface area contributed by atoms with E-state index >= 15 is 0 Å². The summed E-state index contributed by atoms with van der Waals surface area (Å²) < 4.78 is 5.30. The Morgan fingerprint density at radius 3 is 2.67 bits per heavy atom. The largest absolute Gasteiger partial charge is 0.379 e. The Bertz CT molecular complexity index is 157. The van der Waals surface area contributed by atoms with Gasteiger partial charge in [-0.2, -0.15) is 0 Å². The first-order valence-corrected chi connectivity index (χ1v) is 4.99. The summed E-state index contributed by atoms with van der Waals surface area (Å²) in [7, 11) is 0. The lowest BCUT2D eigenvalue weighted by Crippen LogP contribution is -2.39. The van der Waals surface area contributed by atoms with Crippen LogP contribution < -0.4 is 0 Å². The number of halogens is 1. The predicted octanol–water partition coefficient (Wildman–Crippen LogP) is 0.876. The van der Waals surface area contributed by atoms with E-state index < -0.39 is 0 Å². The highest BCUT2D eigenvalue weighted by Crippen LogP contribution is 2.07.